The molecule has 12 nitrogen and oxygen atoms in total. The molecule has 0 aromatic heterocycles. The number of ketones is 3. The van der Waals surface area contributed by atoms with Gasteiger partial charge in [0.2, 0.25) is 17.4 Å². The minimum absolute atomic E-state index is 0.0501. The van der Waals surface area contributed by atoms with Crippen molar-refractivity contribution in [2.75, 3.05) is 20.3 Å². The van der Waals surface area contributed by atoms with Gasteiger partial charge in [-0.05, 0) is 127 Å². The smallest absolute Gasteiger partial charge is 0.329 e. The maximum absolute atomic E-state index is 14.0. The zero-order valence-corrected chi connectivity index (χ0v) is 36.4. The second kappa shape index (κ2) is 23.7. The molecular formula is C46H73NO11. The number of aliphatic hydroxyl groups is 3. The Balaban J connectivity index is 1.68. The standard InChI is InChI=1S/C46H73NO11/c1-29(14-10-9-11-15-30(2)28-56-8)26-33(5)41(50)42(51)40(49)31(3)17-24-39(32(4)27-36-20-22-37(48)23-21-36)57-45(54)38-16-12-13-25-47(38)44(53)43(52)46(55)34(6)18-19-35(7)58-46/h9-11,14-15,29,31-39,41,48,50,55H,12-13,16-28H2,1-8H3/b11-9+,14-10+,30-15+. The molecule has 3 N–H and O–H groups in total. The maximum Gasteiger partial charge on any atom is 0.329 e. The van der Waals surface area contributed by atoms with Crippen LogP contribution >= 0.6 is 0 Å². The van der Waals surface area contributed by atoms with Gasteiger partial charge in [0.25, 0.3) is 11.7 Å². The molecule has 10 unspecified atom stereocenters. The molecule has 328 valence electrons. The Hall–Kier alpha value is -3.03. The van der Waals surface area contributed by atoms with Crippen LogP contribution in [0.15, 0.2) is 36.0 Å². The molecule has 3 fully saturated rings. The lowest BCUT2D eigenvalue weighted by Crippen LogP contribution is -2.60. The average Bonchev–Trinajstić information content (AvgIpc) is 3.19. The van der Waals surface area contributed by atoms with Gasteiger partial charge in [-0.2, -0.15) is 0 Å². The van der Waals surface area contributed by atoms with Crippen molar-refractivity contribution < 1.29 is 53.5 Å². The number of nitrogens with zero attached hydrogens (tertiary/aromatic N) is 1. The third kappa shape index (κ3) is 14.3. The van der Waals surface area contributed by atoms with Crippen molar-refractivity contribution in [2.24, 2.45) is 35.5 Å². The molecule has 10 atom stereocenters. The van der Waals surface area contributed by atoms with Crippen LogP contribution < -0.4 is 0 Å². The van der Waals surface area contributed by atoms with Crippen LogP contribution in [0.3, 0.4) is 0 Å². The normalized spacial score (nSPS) is 29.1. The lowest BCUT2D eigenvalue weighted by molar-refractivity contribution is -0.259. The molecule has 1 saturated carbocycles. The van der Waals surface area contributed by atoms with Crippen LogP contribution in [-0.2, 0) is 38.2 Å². The average molecular weight is 816 g/mol. The van der Waals surface area contributed by atoms with Crippen LogP contribution in [0.4, 0.5) is 0 Å². The highest BCUT2D eigenvalue weighted by molar-refractivity contribution is 6.39. The number of aliphatic hydroxyl groups excluding tert-OH is 2. The molecule has 3 aliphatic rings. The minimum atomic E-state index is -2.27. The van der Waals surface area contributed by atoms with E-state index in [4.69, 9.17) is 14.2 Å². The Morgan fingerprint density at radius 2 is 1.57 bits per heavy atom. The van der Waals surface area contributed by atoms with Crippen LogP contribution in [0, 0.1) is 35.5 Å². The Labute approximate surface area is 346 Å². The van der Waals surface area contributed by atoms with Crippen LogP contribution in [0.2, 0.25) is 0 Å². The van der Waals surface area contributed by atoms with Crippen LogP contribution in [0.5, 0.6) is 0 Å². The first kappa shape index (κ1) is 49.3. The third-order valence-electron chi connectivity index (χ3n) is 12.6. The van der Waals surface area contributed by atoms with Gasteiger partial charge < -0.3 is 34.4 Å². The van der Waals surface area contributed by atoms with E-state index in [2.05, 4.69) is 0 Å². The highest BCUT2D eigenvalue weighted by Gasteiger charge is 2.52. The van der Waals surface area contributed by atoms with E-state index in [1.54, 1.807) is 34.8 Å². The van der Waals surface area contributed by atoms with Gasteiger partial charge in [-0.1, -0.05) is 65.0 Å². The quantitative estimate of drug-likeness (QED) is 0.0680. The molecule has 1 aliphatic carbocycles. The fraction of sp³-hybridized carbons (Fsp3) is 0.761. The monoisotopic (exact) mass is 816 g/mol. The number of allylic oxidation sites excluding steroid dienone is 5. The predicted octanol–water partition coefficient (Wildman–Crippen LogP) is 6.23. The molecule has 2 saturated heterocycles. The van der Waals surface area contributed by atoms with Gasteiger partial charge in [0.1, 0.15) is 18.2 Å². The molecule has 58 heavy (non-hydrogen) atoms. The van der Waals surface area contributed by atoms with Gasteiger partial charge in [0.05, 0.1) is 18.8 Å². The number of ether oxygens (including phenoxy) is 3. The summed E-state index contributed by atoms with van der Waals surface area (Å²) in [5.41, 5.74) is 1.09. The molecular weight excluding hydrogens is 743 g/mol. The molecule has 2 heterocycles. The van der Waals surface area contributed by atoms with Gasteiger partial charge in [-0.25, -0.2) is 4.79 Å². The van der Waals surface area contributed by atoms with E-state index in [9.17, 15) is 39.3 Å². The molecule has 1 amide bonds. The number of hydrogen-bond acceptors (Lipinski definition) is 11. The SMILES string of the molecule is COC/C(C)=C/C=C/C=C/C(C)CC(C)C(O)C(=O)C(=O)C(C)CCC(OC(=O)C1CCCCN1C(=O)C(=O)C1(O)OC(C)CCC1C)C(C)CC1CCC(O)CC1. The number of carbonyl (C=O) groups is 5. The largest absolute Gasteiger partial charge is 0.461 e. The molecule has 0 radical (unpaired) electrons. The van der Waals surface area contributed by atoms with Gasteiger partial charge in [0, 0.05) is 25.5 Å². The Morgan fingerprint density at radius 1 is 0.879 bits per heavy atom. The first-order chi connectivity index (χ1) is 27.4. The Bertz CT molecular complexity index is 1460. The van der Waals surface area contributed by atoms with E-state index >= 15 is 0 Å². The van der Waals surface area contributed by atoms with E-state index in [0.29, 0.717) is 63.9 Å². The summed E-state index contributed by atoms with van der Waals surface area (Å²) in [7, 11) is 1.65. The number of Topliss-reactive ketones (excluding diaryl/α,β-unsaturated/α-hetero) is 3. The van der Waals surface area contributed by atoms with E-state index in [0.717, 1.165) is 24.8 Å². The predicted molar refractivity (Wildman–Crippen MR) is 221 cm³/mol. The lowest BCUT2D eigenvalue weighted by atomic mass is 9.79. The first-order valence-corrected chi connectivity index (χ1v) is 21.8. The summed E-state index contributed by atoms with van der Waals surface area (Å²) in [4.78, 5) is 69.2. The van der Waals surface area contributed by atoms with E-state index in [1.165, 1.54) is 4.90 Å². The van der Waals surface area contributed by atoms with Gasteiger partial charge >= 0.3 is 5.97 Å². The van der Waals surface area contributed by atoms with Crippen molar-refractivity contribution >= 4 is 29.2 Å². The summed E-state index contributed by atoms with van der Waals surface area (Å²) in [6, 6.07) is -1.03. The summed E-state index contributed by atoms with van der Waals surface area (Å²) in [5.74, 6) is -8.03. The number of amides is 1. The summed E-state index contributed by atoms with van der Waals surface area (Å²) in [6.45, 7) is 13.5. The second-order valence-corrected chi connectivity index (χ2v) is 17.9. The maximum atomic E-state index is 14.0. The minimum Gasteiger partial charge on any atom is -0.461 e. The Morgan fingerprint density at radius 3 is 2.24 bits per heavy atom. The molecule has 12 heteroatoms. The molecule has 0 aromatic carbocycles. The van der Waals surface area contributed by atoms with Crippen molar-refractivity contribution in [2.45, 2.75) is 168 Å². The number of methoxy groups -OCH3 is 1. The van der Waals surface area contributed by atoms with Gasteiger partial charge in [0.15, 0.2) is 0 Å². The summed E-state index contributed by atoms with van der Waals surface area (Å²) >= 11 is 0. The van der Waals surface area contributed by atoms with E-state index in [1.807, 2.05) is 51.2 Å². The van der Waals surface area contributed by atoms with Crippen LogP contribution in [-0.4, -0.2) is 106 Å². The number of likely N-dealkylation sites (tertiary alicyclic amines) is 1. The molecule has 0 bridgehead atoms. The summed E-state index contributed by atoms with van der Waals surface area (Å²) < 4.78 is 17.0. The Kier molecular flexibility index (Phi) is 20.1. The molecule has 0 spiro atoms. The fourth-order valence-electron chi connectivity index (χ4n) is 8.69. The fourth-order valence-corrected chi connectivity index (χ4v) is 8.69. The van der Waals surface area contributed by atoms with Crippen molar-refractivity contribution in [1.82, 2.24) is 4.90 Å². The van der Waals surface area contributed by atoms with Crippen molar-refractivity contribution in [3.63, 3.8) is 0 Å². The van der Waals surface area contributed by atoms with Crippen molar-refractivity contribution in [3.05, 3.63) is 36.0 Å². The molecule has 2 aliphatic heterocycles. The summed E-state index contributed by atoms with van der Waals surface area (Å²) in [5, 5.41) is 32.3. The number of carbonyl (C=O) groups excluding carboxylic acids is 5. The summed E-state index contributed by atoms with van der Waals surface area (Å²) in [6.07, 6.45) is 14.4. The van der Waals surface area contributed by atoms with Gasteiger partial charge in [-0.15, -0.1) is 0 Å². The van der Waals surface area contributed by atoms with E-state index < -0.39 is 77.1 Å². The highest BCUT2D eigenvalue weighted by atomic mass is 16.6. The first-order valence-electron chi connectivity index (χ1n) is 21.8. The molecule has 3 rings (SSSR count). The van der Waals surface area contributed by atoms with E-state index in [-0.39, 0.29) is 37.3 Å². The second-order valence-electron chi connectivity index (χ2n) is 17.9. The zero-order valence-electron chi connectivity index (χ0n) is 36.4. The third-order valence-corrected chi connectivity index (χ3v) is 12.6. The van der Waals surface area contributed by atoms with Gasteiger partial charge in [-0.3, -0.25) is 19.2 Å². The topological polar surface area (TPSA) is 177 Å². The molecule has 0 aromatic rings. The number of piperidine rings is 1. The van der Waals surface area contributed by atoms with Crippen LogP contribution in [0.25, 0.3) is 0 Å². The van der Waals surface area contributed by atoms with Crippen LogP contribution in [0.1, 0.15) is 132 Å². The number of hydrogen-bond donors (Lipinski definition) is 3. The highest BCUT2D eigenvalue weighted by Crippen LogP contribution is 2.35. The zero-order chi connectivity index (χ0) is 43.2. The lowest BCUT2D eigenvalue weighted by Gasteiger charge is -2.41. The number of rotatable bonds is 21. The van der Waals surface area contributed by atoms with Crippen molar-refractivity contribution in [1.29, 1.82) is 0 Å². The van der Waals surface area contributed by atoms with Crippen molar-refractivity contribution in [3.8, 4) is 0 Å². The number of esters is 1.